The fraction of sp³-hybridized carbons (Fsp3) is 0.200. The molecule has 0 amide bonds. The number of imidazole rings is 2. The van der Waals surface area contributed by atoms with Crippen molar-refractivity contribution < 1.29 is 9.84 Å². The molecule has 0 aliphatic rings. The van der Waals surface area contributed by atoms with Gasteiger partial charge in [-0.15, -0.1) is 0 Å². The summed E-state index contributed by atoms with van der Waals surface area (Å²) < 4.78 is 11.0. The van der Waals surface area contributed by atoms with E-state index in [4.69, 9.17) is 4.74 Å². The number of nitriles is 1. The van der Waals surface area contributed by atoms with E-state index in [2.05, 4.69) is 9.97 Å². The summed E-state index contributed by atoms with van der Waals surface area (Å²) in [5, 5.41) is 19.6. The molecular formula is C25H22N6O3. The monoisotopic (exact) mass is 454 g/mol. The van der Waals surface area contributed by atoms with Crippen LogP contribution in [0.5, 0.6) is 11.8 Å². The molecule has 9 heteroatoms. The number of para-hydroxylation sites is 2. The molecule has 9 nitrogen and oxygen atoms in total. The zero-order valence-corrected chi connectivity index (χ0v) is 18.7. The van der Waals surface area contributed by atoms with Crippen LogP contribution in [0.25, 0.3) is 27.9 Å². The summed E-state index contributed by atoms with van der Waals surface area (Å²) in [6.45, 7) is 3.90. The molecular weight excluding hydrogens is 432 g/mol. The van der Waals surface area contributed by atoms with Gasteiger partial charge in [-0.2, -0.15) is 10.2 Å². The molecule has 5 aromatic rings. The van der Waals surface area contributed by atoms with Crippen LogP contribution in [-0.4, -0.2) is 34.4 Å². The van der Waals surface area contributed by atoms with Crippen molar-refractivity contribution in [2.45, 2.75) is 32.5 Å². The van der Waals surface area contributed by atoms with Crippen LogP contribution in [0.15, 0.2) is 71.7 Å². The fourth-order valence-electron chi connectivity index (χ4n) is 4.02. The van der Waals surface area contributed by atoms with E-state index in [1.165, 1.54) is 6.92 Å². The van der Waals surface area contributed by atoms with Crippen LogP contribution in [0.4, 0.5) is 0 Å². The Balaban J connectivity index is 1.52. The first-order chi connectivity index (χ1) is 16.4. The number of aromatic nitrogens is 5. The van der Waals surface area contributed by atoms with Crippen LogP contribution in [0.1, 0.15) is 13.8 Å². The second-order valence-corrected chi connectivity index (χ2v) is 8.16. The SMILES string of the molecule is CCn1c(=O)n(-c2ccc(Oc3nc4ccccc4n3CC(C)(O)C#N)cc2)c2ncccc21. The van der Waals surface area contributed by atoms with Gasteiger partial charge in [0.05, 0.1) is 34.9 Å². The summed E-state index contributed by atoms with van der Waals surface area (Å²) in [6.07, 6.45) is 1.66. The first-order valence-corrected chi connectivity index (χ1v) is 10.9. The van der Waals surface area contributed by atoms with Crippen molar-refractivity contribution in [1.29, 1.82) is 5.26 Å². The lowest BCUT2D eigenvalue weighted by atomic mass is 10.1. The number of nitrogens with zero attached hydrogens (tertiary/aromatic N) is 6. The van der Waals surface area contributed by atoms with E-state index in [0.29, 0.717) is 29.1 Å². The topological polar surface area (TPSA) is 111 Å². The molecule has 0 aliphatic carbocycles. The van der Waals surface area contributed by atoms with Crippen molar-refractivity contribution in [1.82, 2.24) is 23.7 Å². The third-order valence-corrected chi connectivity index (χ3v) is 5.64. The molecule has 0 saturated carbocycles. The van der Waals surface area contributed by atoms with Gasteiger partial charge in [-0.1, -0.05) is 12.1 Å². The summed E-state index contributed by atoms with van der Waals surface area (Å²) in [5.41, 5.74) is 1.70. The van der Waals surface area contributed by atoms with Crippen LogP contribution in [0.2, 0.25) is 0 Å². The lowest BCUT2D eigenvalue weighted by molar-refractivity contribution is 0.0983. The third kappa shape index (κ3) is 3.60. The van der Waals surface area contributed by atoms with E-state index in [1.54, 1.807) is 44.2 Å². The highest BCUT2D eigenvalue weighted by atomic mass is 16.5. The lowest BCUT2D eigenvalue weighted by Gasteiger charge is -2.17. The van der Waals surface area contributed by atoms with Crippen molar-refractivity contribution >= 4 is 22.2 Å². The Morgan fingerprint density at radius 3 is 2.53 bits per heavy atom. The summed E-state index contributed by atoms with van der Waals surface area (Å²) >= 11 is 0. The average molecular weight is 454 g/mol. The van der Waals surface area contributed by atoms with Crippen molar-refractivity contribution in [3.63, 3.8) is 0 Å². The molecule has 3 aromatic heterocycles. The highest BCUT2D eigenvalue weighted by molar-refractivity contribution is 5.77. The van der Waals surface area contributed by atoms with Gasteiger partial charge in [-0.05, 0) is 62.4 Å². The van der Waals surface area contributed by atoms with Crippen LogP contribution < -0.4 is 10.4 Å². The molecule has 0 radical (unpaired) electrons. The quantitative estimate of drug-likeness (QED) is 0.392. The van der Waals surface area contributed by atoms with Crippen LogP contribution in [0.3, 0.4) is 0 Å². The van der Waals surface area contributed by atoms with Crippen molar-refractivity contribution in [2.24, 2.45) is 0 Å². The standard InChI is InChI=1S/C25H22N6O3/c1-3-29-21-9-6-14-27-22(21)31(24(29)32)17-10-12-18(13-11-17)34-23-28-19-7-4-5-8-20(19)30(23)16-25(2,33)15-26/h4-14,33H,3,16H2,1-2H3. The lowest BCUT2D eigenvalue weighted by Crippen LogP contribution is -2.28. The highest BCUT2D eigenvalue weighted by Gasteiger charge is 2.24. The molecule has 0 aliphatic heterocycles. The third-order valence-electron chi connectivity index (χ3n) is 5.64. The van der Waals surface area contributed by atoms with Crippen LogP contribution >= 0.6 is 0 Å². The molecule has 0 bridgehead atoms. The number of aryl methyl sites for hydroxylation is 1. The first kappa shape index (κ1) is 21.4. The molecule has 5 rings (SSSR count). The number of hydrogen-bond acceptors (Lipinski definition) is 6. The summed E-state index contributed by atoms with van der Waals surface area (Å²) in [4.78, 5) is 21.9. The Kier molecular flexibility index (Phi) is 5.15. The van der Waals surface area contributed by atoms with Gasteiger partial charge in [0.25, 0.3) is 0 Å². The Morgan fingerprint density at radius 1 is 1.06 bits per heavy atom. The van der Waals surface area contributed by atoms with E-state index in [9.17, 15) is 15.2 Å². The zero-order chi connectivity index (χ0) is 23.9. The number of ether oxygens (including phenoxy) is 1. The number of benzene rings is 2. The molecule has 0 spiro atoms. The van der Waals surface area contributed by atoms with Gasteiger partial charge >= 0.3 is 11.7 Å². The minimum Gasteiger partial charge on any atom is -0.425 e. The smallest absolute Gasteiger partial charge is 0.334 e. The van der Waals surface area contributed by atoms with E-state index < -0.39 is 5.60 Å². The molecule has 1 atom stereocenters. The molecule has 1 unspecified atom stereocenters. The van der Waals surface area contributed by atoms with Crippen molar-refractivity contribution in [3.8, 4) is 23.5 Å². The maximum atomic E-state index is 13.0. The zero-order valence-electron chi connectivity index (χ0n) is 18.7. The Morgan fingerprint density at radius 2 is 1.79 bits per heavy atom. The second kappa shape index (κ2) is 8.17. The molecule has 1 N–H and O–H groups in total. The van der Waals surface area contributed by atoms with Crippen LogP contribution in [-0.2, 0) is 13.1 Å². The average Bonchev–Trinajstić information content (AvgIpc) is 3.33. The second-order valence-electron chi connectivity index (χ2n) is 8.16. The highest BCUT2D eigenvalue weighted by Crippen LogP contribution is 2.28. The molecule has 34 heavy (non-hydrogen) atoms. The minimum absolute atomic E-state index is 0.00494. The molecule has 170 valence electrons. The number of fused-ring (bicyclic) bond motifs is 2. The van der Waals surface area contributed by atoms with Gasteiger partial charge in [-0.25, -0.2) is 14.3 Å². The Labute approximate surface area is 194 Å². The van der Waals surface area contributed by atoms with E-state index in [0.717, 1.165) is 11.0 Å². The predicted octanol–water partition coefficient (Wildman–Crippen LogP) is 3.62. The minimum atomic E-state index is -1.59. The van der Waals surface area contributed by atoms with Gasteiger partial charge in [0.2, 0.25) is 0 Å². The molecule has 0 fully saturated rings. The normalized spacial score (nSPS) is 13.1. The number of aliphatic hydroxyl groups is 1. The molecule has 2 aromatic carbocycles. The van der Waals surface area contributed by atoms with Gasteiger partial charge in [0.1, 0.15) is 5.75 Å². The van der Waals surface area contributed by atoms with Crippen LogP contribution in [0, 0.1) is 11.3 Å². The number of pyridine rings is 1. The van der Waals surface area contributed by atoms with E-state index in [1.807, 2.05) is 49.4 Å². The van der Waals surface area contributed by atoms with Crippen molar-refractivity contribution in [3.05, 3.63) is 77.3 Å². The van der Waals surface area contributed by atoms with Gasteiger partial charge in [-0.3, -0.25) is 9.13 Å². The predicted molar refractivity (Wildman–Crippen MR) is 127 cm³/mol. The summed E-state index contributed by atoms with van der Waals surface area (Å²) in [5.74, 6) is 0.497. The summed E-state index contributed by atoms with van der Waals surface area (Å²) in [7, 11) is 0. The Hall–Kier alpha value is -4.42. The Bertz CT molecular complexity index is 1600. The molecule has 0 saturated heterocycles. The van der Waals surface area contributed by atoms with Gasteiger partial charge in [0, 0.05) is 12.7 Å². The fourth-order valence-corrected chi connectivity index (χ4v) is 4.02. The van der Waals surface area contributed by atoms with E-state index in [-0.39, 0.29) is 18.2 Å². The largest absolute Gasteiger partial charge is 0.425 e. The maximum Gasteiger partial charge on any atom is 0.334 e. The first-order valence-electron chi connectivity index (χ1n) is 10.9. The van der Waals surface area contributed by atoms with Gasteiger partial charge in [0.15, 0.2) is 11.2 Å². The van der Waals surface area contributed by atoms with Gasteiger partial charge < -0.3 is 9.84 Å². The summed E-state index contributed by atoms with van der Waals surface area (Å²) in [6, 6.07) is 20.3. The number of hydrogen-bond donors (Lipinski definition) is 1. The maximum absolute atomic E-state index is 13.0. The molecule has 3 heterocycles. The van der Waals surface area contributed by atoms with E-state index >= 15 is 0 Å². The van der Waals surface area contributed by atoms with Crippen molar-refractivity contribution in [2.75, 3.05) is 0 Å². The number of rotatable bonds is 6.